The van der Waals surface area contributed by atoms with E-state index >= 15 is 0 Å². The molecule has 1 aromatic carbocycles. The lowest BCUT2D eigenvalue weighted by Gasteiger charge is -2.24. The third-order valence-electron chi connectivity index (χ3n) is 3.98. The number of hydrogen-bond acceptors (Lipinski definition) is 7. The molecule has 0 radical (unpaired) electrons. The van der Waals surface area contributed by atoms with Gasteiger partial charge in [0.25, 0.3) is 5.69 Å². The van der Waals surface area contributed by atoms with Gasteiger partial charge >= 0.3 is 12.1 Å². The first-order valence-corrected chi connectivity index (χ1v) is 11.9. The molecule has 2 N–H and O–H groups in total. The predicted octanol–water partition coefficient (Wildman–Crippen LogP) is 2.34. The molecule has 0 heterocycles. The first kappa shape index (κ1) is 28.7. The molecule has 0 fully saturated rings. The number of carbonyl (C=O) groups excluding carboxylic acids is 1. The van der Waals surface area contributed by atoms with E-state index in [1.165, 1.54) is 20.8 Å². The molecule has 1 rings (SSSR count). The number of carbonyl (C=O) groups is 1. The lowest BCUT2D eigenvalue weighted by atomic mass is 10.2. The minimum absolute atomic E-state index is 0.361. The van der Waals surface area contributed by atoms with Crippen molar-refractivity contribution in [1.29, 1.82) is 0 Å². The van der Waals surface area contributed by atoms with Gasteiger partial charge in [-0.15, -0.1) is 0 Å². The summed E-state index contributed by atoms with van der Waals surface area (Å²) in [5.74, 6) is -1.07. The molecule has 0 spiro atoms. The van der Waals surface area contributed by atoms with E-state index in [2.05, 4.69) is 4.74 Å². The minimum atomic E-state index is -4.81. The number of sulfonamides is 1. The van der Waals surface area contributed by atoms with E-state index in [1.807, 2.05) is 9.44 Å². The summed E-state index contributed by atoms with van der Waals surface area (Å²) in [5.41, 5.74) is -0.361. The van der Waals surface area contributed by atoms with Crippen molar-refractivity contribution in [3.05, 3.63) is 46.5 Å². The number of halogens is 3. The van der Waals surface area contributed by atoms with Gasteiger partial charge < -0.3 is 4.74 Å². The van der Waals surface area contributed by atoms with Crippen molar-refractivity contribution in [2.24, 2.45) is 0 Å². The maximum absolute atomic E-state index is 13.3. The minimum Gasteiger partial charge on any atom is -0.468 e. The van der Waals surface area contributed by atoms with Gasteiger partial charge in [0.05, 0.1) is 32.7 Å². The van der Waals surface area contributed by atoms with Gasteiger partial charge in [0.15, 0.2) is 0 Å². The molecule has 0 aliphatic heterocycles. The Hall–Kier alpha value is -2.36. The van der Waals surface area contributed by atoms with Crippen LogP contribution in [0.2, 0.25) is 0 Å². The first-order chi connectivity index (χ1) is 15.0. The number of nitro benzene ring substituents is 1. The Kier molecular flexibility index (Phi) is 9.71. The maximum Gasteiger partial charge on any atom is 0.408 e. The quantitative estimate of drug-likeness (QED) is 0.211. The SMILES string of the molecule is COC(=O)[C@H](C/C=C/C(NS(=O)C(C)(C)C)C(F)(F)F)NS(=O)(=O)c1ccc([N+](=O)[O-])cc1. The molecule has 2 unspecified atom stereocenters. The van der Waals surface area contributed by atoms with Crippen LogP contribution in [0.1, 0.15) is 27.2 Å². The summed E-state index contributed by atoms with van der Waals surface area (Å²) >= 11 is 0. The lowest BCUT2D eigenvalue weighted by molar-refractivity contribution is -0.384. The van der Waals surface area contributed by atoms with Gasteiger partial charge in [-0.05, 0) is 39.3 Å². The number of nitrogens with one attached hydrogen (secondary N) is 2. The molecule has 0 aromatic heterocycles. The molecular formula is C18H24F3N3O7S2. The Morgan fingerprint density at radius 1 is 1.24 bits per heavy atom. The number of methoxy groups -OCH3 is 1. The van der Waals surface area contributed by atoms with Crippen molar-refractivity contribution >= 4 is 32.7 Å². The number of rotatable bonds is 10. The van der Waals surface area contributed by atoms with Crippen LogP contribution < -0.4 is 9.44 Å². The fraction of sp³-hybridized carbons (Fsp3) is 0.500. The number of esters is 1. The van der Waals surface area contributed by atoms with Gasteiger partial charge in [0.1, 0.15) is 12.1 Å². The topological polar surface area (TPSA) is 145 Å². The summed E-state index contributed by atoms with van der Waals surface area (Å²) < 4.78 is 84.4. The van der Waals surface area contributed by atoms with E-state index < -0.39 is 66.2 Å². The zero-order valence-electron chi connectivity index (χ0n) is 18.1. The van der Waals surface area contributed by atoms with Crippen LogP contribution in [0.4, 0.5) is 18.9 Å². The van der Waals surface area contributed by atoms with Crippen molar-refractivity contribution in [1.82, 2.24) is 9.44 Å². The van der Waals surface area contributed by atoms with Crippen molar-refractivity contribution in [3.63, 3.8) is 0 Å². The lowest BCUT2D eigenvalue weighted by Crippen LogP contribution is -2.46. The second kappa shape index (κ2) is 11.2. The number of nitrogens with zero attached hydrogens (tertiary/aromatic N) is 1. The Bertz CT molecular complexity index is 1000. The smallest absolute Gasteiger partial charge is 0.408 e. The van der Waals surface area contributed by atoms with Crippen molar-refractivity contribution in [2.75, 3.05) is 7.11 Å². The van der Waals surface area contributed by atoms with Crippen molar-refractivity contribution in [3.8, 4) is 0 Å². The highest BCUT2D eigenvalue weighted by molar-refractivity contribution is 7.89. The van der Waals surface area contributed by atoms with E-state index in [1.54, 1.807) is 0 Å². The van der Waals surface area contributed by atoms with E-state index in [0.29, 0.717) is 6.08 Å². The number of ether oxygens (including phenoxy) is 1. The van der Waals surface area contributed by atoms with Gasteiger partial charge in [-0.1, -0.05) is 12.2 Å². The third kappa shape index (κ3) is 8.83. The monoisotopic (exact) mass is 515 g/mol. The normalized spacial score (nSPS) is 15.7. The maximum atomic E-state index is 13.3. The summed E-state index contributed by atoms with van der Waals surface area (Å²) in [7, 11) is -5.46. The highest BCUT2D eigenvalue weighted by atomic mass is 32.2. The highest BCUT2D eigenvalue weighted by Crippen LogP contribution is 2.23. The molecule has 0 bridgehead atoms. The van der Waals surface area contributed by atoms with Crippen molar-refractivity contribution in [2.45, 2.75) is 55.1 Å². The first-order valence-electron chi connectivity index (χ1n) is 9.25. The average molecular weight is 516 g/mol. The number of benzene rings is 1. The average Bonchev–Trinajstić information content (AvgIpc) is 2.69. The summed E-state index contributed by atoms with van der Waals surface area (Å²) in [6.07, 6.45) is -3.80. The fourth-order valence-electron chi connectivity index (χ4n) is 2.20. The fourth-order valence-corrected chi connectivity index (χ4v) is 4.19. The van der Waals surface area contributed by atoms with Crippen LogP contribution in [-0.4, -0.2) is 53.6 Å². The van der Waals surface area contributed by atoms with Crippen molar-refractivity contribution < 1.29 is 40.3 Å². The Labute approximate surface area is 191 Å². The Morgan fingerprint density at radius 3 is 2.21 bits per heavy atom. The van der Waals surface area contributed by atoms with E-state index in [0.717, 1.165) is 37.5 Å². The van der Waals surface area contributed by atoms with Gasteiger partial charge in [0.2, 0.25) is 10.0 Å². The van der Waals surface area contributed by atoms with Gasteiger partial charge in [-0.2, -0.15) is 17.9 Å². The van der Waals surface area contributed by atoms with Crippen LogP contribution >= 0.6 is 0 Å². The largest absolute Gasteiger partial charge is 0.468 e. The molecule has 0 amide bonds. The predicted molar refractivity (Wildman–Crippen MR) is 114 cm³/mol. The van der Waals surface area contributed by atoms with Gasteiger partial charge in [-0.3, -0.25) is 14.9 Å². The van der Waals surface area contributed by atoms with Crippen LogP contribution in [0, 0.1) is 10.1 Å². The number of non-ortho nitro benzene ring substituents is 1. The zero-order valence-corrected chi connectivity index (χ0v) is 19.7. The number of nitro groups is 1. The summed E-state index contributed by atoms with van der Waals surface area (Å²) in [6, 6.07) is -0.144. The zero-order chi connectivity index (χ0) is 25.6. The third-order valence-corrected chi connectivity index (χ3v) is 7.05. The molecular weight excluding hydrogens is 491 g/mol. The molecule has 186 valence electrons. The molecule has 33 heavy (non-hydrogen) atoms. The van der Waals surface area contributed by atoms with Crippen LogP contribution in [-0.2, 0) is 30.5 Å². The molecule has 0 saturated heterocycles. The molecule has 10 nitrogen and oxygen atoms in total. The second-order valence-corrected chi connectivity index (χ2v) is 11.3. The Morgan fingerprint density at radius 2 is 1.79 bits per heavy atom. The Balaban J connectivity index is 3.06. The second-order valence-electron chi connectivity index (χ2n) is 7.63. The van der Waals surface area contributed by atoms with Crippen LogP contribution in [0.3, 0.4) is 0 Å². The van der Waals surface area contributed by atoms with Gasteiger partial charge in [0, 0.05) is 12.1 Å². The standard InChI is InChI=1S/C18H24F3N3O7S2/c1-17(2,3)32(28)22-15(18(19,20)21)7-5-6-14(16(25)31-4)23-33(29,30)13-10-8-12(9-11-13)24(26)27/h5,7-11,14-15,22-23H,6H2,1-4H3/b7-5+/t14-,15?,32?/m0/s1. The van der Waals surface area contributed by atoms with E-state index in [9.17, 15) is 40.7 Å². The summed E-state index contributed by atoms with van der Waals surface area (Å²) in [5, 5.41) is 10.7. The summed E-state index contributed by atoms with van der Waals surface area (Å²) in [6.45, 7) is 4.44. The molecule has 1 aromatic rings. The molecule has 15 heteroatoms. The number of hydrogen-bond donors (Lipinski definition) is 2. The number of alkyl halides is 3. The van der Waals surface area contributed by atoms with E-state index in [-0.39, 0.29) is 5.69 Å². The molecule has 0 aliphatic rings. The summed E-state index contributed by atoms with van der Waals surface area (Å²) in [4.78, 5) is 21.6. The van der Waals surface area contributed by atoms with Crippen LogP contribution in [0.15, 0.2) is 41.3 Å². The highest BCUT2D eigenvalue weighted by Gasteiger charge is 2.40. The van der Waals surface area contributed by atoms with Crippen LogP contribution in [0.25, 0.3) is 0 Å². The van der Waals surface area contributed by atoms with E-state index in [4.69, 9.17) is 0 Å². The van der Waals surface area contributed by atoms with Gasteiger partial charge in [-0.25, -0.2) is 17.3 Å². The molecule has 3 atom stereocenters. The molecule has 0 aliphatic carbocycles. The van der Waals surface area contributed by atoms with Crippen LogP contribution in [0.5, 0.6) is 0 Å². The molecule has 0 saturated carbocycles.